The van der Waals surface area contributed by atoms with Gasteiger partial charge in [0.1, 0.15) is 5.75 Å². The highest BCUT2D eigenvalue weighted by atomic mass is 16.5. The summed E-state index contributed by atoms with van der Waals surface area (Å²) in [5, 5.41) is 3.49. The van der Waals surface area contributed by atoms with Crippen LogP contribution in [0.5, 0.6) is 5.75 Å². The van der Waals surface area contributed by atoms with Gasteiger partial charge in [0.15, 0.2) is 0 Å². The van der Waals surface area contributed by atoms with Crippen molar-refractivity contribution in [2.24, 2.45) is 0 Å². The van der Waals surface area contributed by atoms with Gasteiger partial charge in [-0.15, -0.1) is 0 Å². The van der Waals surface area contributed by atoms with E-state index in [-0.39, 0.29) is 0 Å². The maximum Gasteiger partial charge on any atom is 0.119 e. The standard InChI is InChI=1S/C15H25NO/c1-5-6-11-17-15-9-7-14(8-10-15)13(4)16-12(2)3/h7-10,12-13,16H,5-6,11H2,1-4H3. The highest BCUT2D eigenvalue weighted by molar-refractivity contribution is 5.28. The lowest BCUT2D eigenvalue weighted by Crippen LogP contribution is -2.25. The van der Waals surface area contributed by atoms with Gasteiger partial charge in [0.2, 0.25) is 0 Å². The van der Waals surface area contributed by atoms with E-state index in [1.807, 2.05) is 0 Å². The van der Waals surface area contributed by atoms with Crippen molar-refractivity contribution in [2.75, 3.05) is 6.61 Å². The van der Waals surface area contributed by atoms with E-state index in [1.54, 1.807) is 0 Å². The van der Waals surface area contributed by atoms with E-state index in [0.29, 0.717) is 12.1 Å². The molecule has 96 valence electrons. The van der Waals surface area contributed by atoms with Crippen molar-refractivity contribution in [1.82, 2.24) is 5.32 Å². The number of ether oxygens (including phenoxy) is 1. The van der Waals surface area contributed by atoms with E-state index in [9.17, 15) is 0 Å². The summed E-state index contributed by atoms with van der Waals surface area (Å²) in [6.45, 7) is 9.51. The molecule has 0 aliphatic rings. The van der Waals surface area contributed by atoms with Crippen LogP contribution in [0.1, 0.15) is 52.1 Å². The van der Waals surface area contributed by atoms with E-state index < -0.39 is 0 Å². The van der Waals surface area contributed by atoms with Crippen molar-refractivity contribution in [3.05, 3.63) is 29.8 Å². The molecule has 1 unspecified atom stereocenters. The van der Waals surface area contributed by atoms with Crippen molar-refractivity contribution in [3.8, 4) is 5.75 Å². The zero-order valence-electron chi connectivity index (χ0n) is 11.5. The molecule has 0 saturated carbocycles. The zero-order valence-corrected chi connectivity index (χ0v) is 11.5. The molecule has 0 heterocycles. The first-order chi connectivity index (χ1) is 8.13. The van der Waals surface area contributed by atoms with Crippen LogP contribution in [0, 0.1) is 0 Å². The van der Waals surface area contributed by atoms with Crippen LogP contribution >= 0.6 is 0 Å². The Morgan fingerprint density at radius 2 is 1.76 bits per heavy atom. The molecule has 2 heteroatoms. The second-order valence-electron chi connectivity index (χ2n) is 4.81. The van der Waals surface area contributed by atoms with Crippen molar-refractivity contribution in [3.63, 3.8) is 0 Å². The molecular formula is C15H25NO. The van der Waals surface area contributed by atoms with Gasteiger partial charge in [0.25, 0.3) is 0 Å². The maximum atomic E-state index is 5.64. The summed E-state index contributed by atoms with van der Waals surface area (Å²) in [4.78, 5) is 0. The smallest absolute Gasteiger partial charge is 0.119 e. The van der Waals surface area contributed by atoms with Gasteiger partial charge in [-0.25, -0.2) is 0 Å². The van der Waals surface area contributed by atoms with Gasteiger partial charge in [0, 0.05) is 12.1 Å². The van der Waals surface area contributed by atoms with Crippen LogP contribution in [0.25, 0.3) is 0 Å². The van der Waals surface area contributed by atoms with E-state index in [2.05, 4.69) is 57.3 Å². The summed E-state index contributed by atoms with van der Waals surface area (Å²) in [6.07, 6.45) is 2.29. The molecule has 1 aromatic carbocycles. The van der Waals surface area contributed by atoms with Gasteiger partial charge >= 0.3 is 0 Å². The molecule has 1 atom stereocenters. The monoisotopic (exact) mass is 235 g/mol. The Morgan fingerprint density at radius 3 is 2.29 bits per heavy atom. The minimum Gasteiger partial charge on any atom is -0.494 e. The Kier molecular flexibility index (Phi) is 6.06. The van der Waals surface area contributed by atoms with Gasteiger partial charge in [-0.2, -0.15) is 0 Å². The number of hydrogen-bond donors (Lipinski definition) is 1. The molecule has 1 rings (SSSR count). The van der Waals surface area contributed by atoms with Crippen LogP contribution in [0.15, 0.2) is 24.3 Å². The predicted octanol–water partition coefficient (Wildman–Crippen LogP) is 3.92. The van der Waals surface area contributed by atoms with Crippen LogP contribution in [0.4, 0.5) is 0 Å². The Morgan fingerprint density at radius 1 is 1.12 bits per heavy atom. The molecular weight excluding hydrogens is 210 g/mol. The van der Waals surface area contributed by atoms with Gasteiger partial charge in [-0.3, -0.25) is 0 Å². The summed E-state index contributed by atoms with van der Waals surface area (Å²) in [7, 11) is 0. The third kappa shape index (κ3) is 5.22. The minimum absolute atomic E-state index is 0.389. The van der Waals surface area contributed by atoms with Crippen molar-refractivity contribution in [1.29, 1.82) is 0 Å². The van der Waals surface area contributed by atoms with Gasteiger partial charge < -0.3 is 10.1 Å². The summed E-state index contributed by atoms with van der Waals surface area (Å²) in [5.74, 6) is 0.971. The van der Waals surface area contributed by atoms with Crippen LogP contribution in [-0.4, -0.2) is 12.6 Å². The number of rotatable bonds is 7. The Labute approximate surface area is 105 Å². The molecule has 0 aliphatic carbocycles. The average molecular weight is 235 g/mol. The quantitative estimate of drug-likeness (QED) is 0.723. The molecule has 0 spiro atoms. The predicted molar refractivity (Wildman–Crippen MR) is 73.5 cm³/mol. The lowest BCUT2D eigenvalue weighted by atomic mass is 10.1. The maximum absolute atomic E-state index is 5.64. The molecule has 0 aromatic heterocycles. The number of nitrogens with one attached hydrogen (secondary N) is 1. The molecule has 17 heavy (non-hydrogen) atoms. The number of unbranched alkanes of at least 4 members (excludes halogenated alkanes) is 1. The van der Waals surface area contributed by atoms with Crippen molar-refractivity contribution < 1.29 is 4.74 Å². The molecule has 1 N–H and O–H groups in total. The first-order valence-electron chi connectivity index (χ1n) is 6.62. The molecule has 0 fully saturated rings. The molecule has 2 nitrogen and oxygen atoms in total. The zero-order chi connectivity index (χ0) is 12.7. The number of hydrogen-bond acceptors (Lipinski definition) is 2. The molecule has 0 aliphatic heterocycles. The first kappa shape index (κ1) is 14.0. The SMILES string of the molecule is CCCCOc1ccc(C(C)NC(C)C)cc1. The van der Waals surface area contributed by atoms with Crippen LogP contribution < -0.4 is 10.1 Å². The normalized spacial score (nSPS) is 12.8. The van der Waals surface area contributed by atoms with Gasteiger partial charge in [0.05, 0.1) is 6.61 Å². The topological polar surface area (TPSA) is 21.3 Å². The Hall–Kier alpha value is -1.02. The fraction of sp³-hybridized carbons (Fsp3) is 0.600. The van der Waals surface area contributed by atoms with E-state index >= 15 is 0 Å². The first-order valence-corrected chi connectivity index (χ1v) is 6.62. The largest absolute Gasteiger partial charge is 0.494 e. The van der Waals surface area contributed by atoms with E-state index in [4.69, 9.17) is 4.74 Å². The molecule has 0 amide bonds. The summed E-state index contributed by atoms with van der Waals surface area (Å²) < 4.78 is 5.64. The van der Waals surface area contributed by atoms with Gasteiger partial charge in [-0.05, 0) is 31.0 Å². The summed E-state index contributed by atoms with van der Waals surface area (Å²) in [5.41, 5.74) is 1.31. The lowest BCUT2D eigenvalue weighted by Gasteiger charge is -2.17. The lowest BCUT2D eigenvalue weighted by molar-refractivity contribution is 0.309. The second kappa shape index (κ2) is 7.33. The molecule has 0 radical (unpaired) electrons. The van der Waals surface area contributed by atoms with Crippen LogP contribution in [0.2, 0.25) is 0 Å². The molecule has 1 aromatic rings. The van der Waals surface area contributed by atoms with Crippen LogP contribution in [0.3, 0.4) is 0 Å². The van der Waals surface area contributed by atoms with Crippen molar-refractivity contribution >= 4 is 0 Å². The average Bonchev–Trinajstić information content (AvgIpc) is 2.29. The summed E-state index contributed by atoms with van der Waals surface area (Å²) >= 11 is 0. The molecule has 0 bridgehead atoms. The van der Waals surface area contributed by atoms with Crippen LogP contribution in [-0.2, 0) is 0 Å². The number of benzene rings is 1. The highest BCUT2D eigenvalue weighted by Gasteiger charge is 2.06. The van der Waals surface area contributed by atoms with Crippen molar-refractivity contribution in [2.45, 2.75) is 52.6 Å². The summed E-state index contributed by atoms with van der Waals surface area (Å²) in [6, 6.07) is 9.29. The Bertz CT molecular complexity index is 305. The third-order valence-corrected chi connectivity index (χ3v) is 2.73. The fourth-order valence-corrected chi connectivity index (χ4v) is 1.78. The minimum atomic E-state index is 0.389. The fourth-order valence-electron chi connectivity index (χ4n) is 1.78. The highest BCUT2D eigenvalue weighted by Crippen LogP contribution is 2.18. The molecule has 0 saturated heterocycles. The Balaban J connectivity index is 2.49. The third-order valence-electron chi connectivity index (χ3n) is 2.73. The van der Waals surface area contributed by atoms with Gasteiger partial charge in [-0.1, -0.05) is 39.3 Å². The second-order valence-corrected chi connectivity index (χ2v) is 4.81. The van der Waals surface area contributed by atoms with E-state index in [0.717, 1.165) is 18.8 Å². The van der Waals surface area contributed by atoms with E-state index in [1.165, 1.54) is 12.0 Å².